The van der Waals surface area contributed by atoms with E-state index >= 15 is 0 Å². The zero-order chi connectivity index (χ0) is 13.0. The Balaban J connectivity index is 2.22. The molecule has 2 rings (SSSR count). The molecule has 4 nitrogen and oxygen atoms in total. The van der Waals surface area contributed by atoms with E-state index in [9.17, 15) is 0 Å². The Kier molecular flexibility index (Phi) is 4.49. The quantitative estimate of drug-likeness (QED) is 0.864. The SMILES string of the molecule is CCCNCc1cccc(-c2c(Br)nnn2C)c1. The fourth-order valence-electron chi connectivity index (χ4n) is 1.88. The van der Waals surface area contributed by atoms with Crippen molar-refractivity contribution in [2.24, 2.45) is 7.05 Å². The topological polar surface area (TPSA) is 42.7 Å². The molecule has 2 aromatic rings. The lowest BCUT2D eigenvalue weighted by molar-refractivity contribution is 0.675. The van der Waals surface area contributed by atoms with Gasteiger partial charge >= 0.3 is 0 Å². The van der Waals surface area contributed by atoms with Gasteiger partial charge in [0.05, 0.1) is 0 Å². The molecule has 0 aliphatic heterocycles. The number of aryl methyl sites for hydroxylation is 1. The van der Waals surface area contributed by atoms with Crippen molar-refractivity contribution in [2.45, 2.75) is 19.9 Å². The molecular formula is C13H17BrN4. The lowest BCUT2D eigenvalue weighted by Gasteiger charge is -2.06. The highest BCUT2D eigenvalue weighted by Gasteiger charge is 2.10. The van der Waals surface area contributed by atoms with Crippen LogP contribution in [-0.4, -0.2) is 21.5 Å². The fourth-order valence-corrected chi connectivity index (χ4v) is 2.43. The second-order valence-corrected chi connectivity index (χ2v) is 4.98. The van der Waals surface area contributed by atoms with Crippen LogP contribution in [0.25, 0.3) is 11.3 Å². The fraction of sp³-hybridized carbons (Fsp3) is 0.385. The summed E-state index contributed by atoms with van der Waals surface area (Å²) in [6.45, 7) is 4.10. The van der Waals surface area contributed by atoms with E-state index in [-0.39, 0.29) is 0 Å². The number of aromatic nitrogens is 3. The molecule has 96 valence electrons. The number of rotatable bonds is 5. The molecule has 0 spiro atoms. The molecule has 0 aliphatic rings. The first-order chi connectivity index (χ1) is 8.72. The predicted molar refractivity (Wildman–Crippen MR) is 76.1 cm³/mol. The van der Waals surface area contributed by atoms with Crippen LogP contribution in [-0.2, 0) is 13.6 Å². The van der Waals surface area contributed by atoms with E-state index in [1.165, 1.54) is 5.56 Å². The van der Waals surface area contributed by atoms with Crippen LogP contribution in [0.2, 0.25) is 0 Å². The molecule has 1 aromatic carbocycles. The third-order valence-electron chi connectivity index (χ3n) is 2.74. The van der Waals surface area contributed by atoms with E-state index in [2.05, 4.69) is 62.7 Å². The molecule has 0 saturated carbocycles. The van der Waals surface area contributed by atoms with Crippen molar-refractivity contribution in [1.29, 1.82) is 0 Å². The van der Waals surface area contributed by atoms with Crippen LogP contribution in [0.4, 0.5) is 0 Å². The van der Waals surface area contributed by atoms with Gasteiger partial charge in [0.2, 0.25) is 0 Å². The van der Waals surface area contributed by atoms with Gasteiger partial charge in [-0.15, -0.1) is 5.10 Å². The Labute approximate surface area is 116 Å². The molecule has 0 atom stereocenters. The van der Waals surface area contributed by atoms with Gasteiger partial charge in [-0.1, -0.05) is 30.3 Å². The second kappa shape index (κ2) is 6.11. The molecule has 0 bridgehead atoms. The van der Waals surface area contributed by atoms with E-state index in [0.29, 0.717) is 0 Å². The molecule has 1 aromatic heterocycles. The Hall–Kier alpha value is -1.20. The highest BCUT2D eigenvalue weighted by atomic mass is 79.9. The minimum Gasteiger partial charge on any atom is -0.313 e. The molecule has 0 amide bonds. The number of hydrogen-bond donors (Lipinski definition) is 1. The summed E-state index contributed by atoms with van der Waals surface area (Å²) < 4.78 is 2.56. The average Bonchev–Trinajstić information content (AvgIpc) is 2.70. The average molecular weight is 309 g/mol. The molecule has 1 heterocycles. The van der Waals surface area contributed by atoms with Gasteiger partial charge in [-0.25, -0.2) is 4.68 Å². The van der Waals surface area contributed by atoms with Gasteiger partial charge < -0.3 is 5.32 Å². The summed E-state index contributed by atoms with van der Waals surface area (Å²) in [6, 6.07) is 8.44. The van der Waals surface area contributed by atoms with E-state index in [0.717, 1.165) is 35.4 Å². The lowest BCUT2D eigenvalue weighted by Crippen LogP contribution is -2.13. The van der Waals surface area contributed by atoms with Gasteiger partial charge in [0.15, 0.2) is 4.60 Å². The van der Waals surface area contributed by atoms with E-state index < -0.39 is 0 Å². The minimum absolute atomic E-state index is 0.781. The number of nitrogens with zero attached hydrogens (tertiary/aromatic N) is 3. The van der Waals surface area contributed by atoms with Crippen molar-refractivity contribution in [3.63, 3.8) is 0 Å². The van der Waals surface area contributed by atoms with Gasteiger partial charge in [0.25, 0.3) is 0 Å². The number of hydrogen-bond acceptors (Lipinski definition) is 3. The lowest BCUT2D eigenvalue weighted by atomic mass is 10.1. The van der Waals surface area contributed by atoms with Gasteiger partial charge in [0.1, 0.15) is 5.69 Å². The number of halogens is 1. The summed E-state index contributed by atoms with van der Waals surface area (Å²) in [6.07, 6.45) is 1.15. The minimum atomic E-state index is 0.781. The summed E-state index contributed by atoms with van der Waals surface area (Å²) in [5, 5.41) is 11.4. The third-order valence-corrected chi connectivity index (χ3v) is 3.28. The zero-order valence-corrected chi connectivity index (χ0v) is 12.2. The Morgan fingerprint density at radius 3 is 2.89 bits per heavy atom. The molecule has 0 saturated heterocycles. The first-order valence-corrected chi connectivity index (χ1v) is 6.87. The van der Waals surface area contributed by atoms with Crippen molar-refractivity contribution in [3.8, 4) is 11.3 Å². The van der Waals surface area contributed by atoms with E-state index in [4.69, 9.17) is 0 Å². The smallest absolute Gasteiger partial charge is 0.156 e. The molecule has 0 aliphatic carbocycles. The maximum absolute atomic E-state index is 4.01. The molecule has 18 heavy (non-hydrogen) atoms. The van der Waals surface area contributed by atoms with Gasteiger partial charge in [-0.05, 0) is 40.5 Å². The van der Waals surface area contributed by atoms with E-state index in [1.807, 2.05) is 7.05 Å². The summed E-state index contributed by atoms with van der Waals surface area (Å²) in [4.78, 5) is 0. The first kappa shape index (κ1) is 13.2. The van der Waals surface area contributed by atoms with E-state index in [1.54, 1.807) is 4.68 Å². The van der Waals surface area contributed by atoms with Crippen molar-refractivity contribution >= 4 is 15.9 Å². The zero-order valence-electron chi connectivity index (χ0n) is 10.7. The van der Waals surface area contributed by atoms with Crippen LogP contribution in [0.15, 0.2) is 28.9 Å². The second-order valence-electron chi connectivity index (χ2n) is 4.23. The van der Waals surface area contributed by atoms with Crippen LogP contribution in [0, 0.1) is 0 Å². The summed E-state index contributed by atoms with van der Waals surface area (Å²) in [5.41, 5.74) is 3.41. The Bertz CT molecular complexity index is 502. The molecule has 5 heteroatoms. The molecular weight excluding hydrogens is 292 g/mol. The largest absolute Gasteiger partial charge is 0.313 e. The Morgan fingerprint density at radius 1 is 1.39 bits per heavy atom. The first-order valence-electron chi connectivity index (χ1n) is 6.07. The summed E-state index contributed by atoms with van der Waals surface area (Å²) >= 11 is 3.43. The van der Waals surface area contributed by atoms with Crippen molar-refractivity contribution in [2.75, 3.05) is 6.54 Å². The highest BCUT2D eigenvalue weighted by Crippen LogP contribution is 2.26. The van der Waals surface area contributed by atoms with Crippen LogP contribution >= 0.6 is 15.9 Å². The normalized spacial score (nSPS) is 10.8. The number of nitrogens with one attached hydrogen (secondary N) is 1. The van der Waals surface area contributed by atoms with Gasteiger partial charge in [-0.3, -0.25) is 0 Å². The summed E-state index contributed by atoms with van der Waals surface area (Å²) in [7, 11) is 1.90. The predicted octanol–water partition coefficient (Wildman–Crippen LogP) is 2.74. The van der Waals surface area contributed by atoms with Crippen molar-refractivity contribution < 1.29 is 0 Å². The maximum atomic E-state index is 4.01. The van der Waals surface area contributed by atoms with Crippen LogP contribution < -0.4 is 5.32 Å². The third kappa shape index (κ3) is 2.97. The summed E-state index contributed by atoms with van der Waals surface area (Å²) in [5.74, 6) is 0. The van der Waals surface area contributed by atoms with Crippen LogP contribution in [0.3, 0.4) is 0 Å². The van der Waals surface area contributed by atoms with Gasteiger partial charge in [-0.2, -0.15) is 0 Å². The number of benzene rings is 1. The molecule has 1 N–H and O–H groups in total. The Morgan fingerprint density at radius 2 is 2.22 bits per heavy atom. The standard InChI is InChI=1S/C13H17BrN4/c1-3-7-15-9-10-5-4-6-11(8-10)12-13(14)16-17-18(12)2/h4-6,8,15H,3,7,9H2,1-2H3. The highest BCUT2D eigenvalue weighted by molar-refractivity contribution is 9.10. The molecule has 0 fully saturated rings. The van der Waals surface area contributed by atoms with Crippen molar-refractivity contribution in [3.05, 3.63) is 34.4 Å². The van der Waals surface area contributed by atoms with Crippen LogP contribution in [0.1, 0.15) is 18.9 Å². The van der Waals surface area contributed by atoms with Gasteiger partial charge in [0, 0.05) is 19.2 Å². The molecule has 0 radical (unpaired) electrons. The van der Waals surface area contributed by atoms with Crippen LogP contribution in [0.5, 0.6) is 0 Å². The molecule has 0 unspecified atom stereocenters. The van der Waals surface area contributed by atoms with Crippen molar-refractivity contribution in [1.82, 2.24) is 20.3 Å². The monoisotopic (exact) mass is 308 g/mol. The maximum Gasteiger partial charge on any atom is 0.156 e.